The van der Waals surface area contributed by atoms with Crippen LogP contribution in [0.2, 0.25) is 0 Å². The number of piperidine rings is 3. The summed E-state index contributed by atoms with van der Waals surface area (Å²) in [5.74, 6) is -2.19. The number of urea groups is 1. The number of hydrogen-bond donors (Lipinski definition) is 3. The third-order valence-electron chi connectivity index (χ3n) is 6.33. The van der Waals surface area contributed by atoms with Crippen LogP contribution in [0.5, 0.6) is 5.88 Å². The predicted octanol–water partition coefficient (Wildman–Crippen LogP) is 3.02. The Morgan fingerprint density at radius 3 is 2.56 bits per heavy atom. The van der Waals surface area contributed by atoms with Gasteiger partial charge in [-0.25, -0.2) is 13.6 Å². The van der Waals surface area contributed by atoms with Crippen molar-refractivity contribution in [3.05, 3.63) is 40.5 Å². The molecular formula is C21H25F2N5O3S. The number of hydrogen-bond acceptors (Lipinski definition) is 6. The summed E-state index contributed by atoms with van der Waals surface area (Å²) in [4.78, 5) is 26.9. The molecule has 1 aromatic heterocycles. The van der Waals surface area contributed by atoms with E-state index in [0.29, 0.717) is 6.54 Å². The van der Waals surface area contributed by atoms with E-state index in [4.69, 9.17) is 10.5 Å². The maximum absolute atomic E-state index is 14.0. The summed E-state index contributed by atoms with van der Waals surface area (Å²) in [6.07, 6.45) is 3.15. The number of rotatable bonds is 7. The Labute approximate surface area is 188 Å². The summed E-state index contributed by atoms with van der Waals surface area (Å²) in [6.45, 7) is 4.81. The normalized spacial score (nSPS) is 21.9. The molecule has 2 aromatic rings. The molecule has 32 heavy (non-hydrogen) atoms. The fourth-order valence-electron chi connectivity index (χ4n) is 4.20. The van der Waals surface area contributed by atoms with Crippen LogP contribution in [0.15, 0.2) is 12.1 Å². The van der Waals surface area contributed by atoms with Crippen LogP contribution in [0.25, 0.3) is 0 Å². The molecular weight excluding hydrogens is 440 g/mol. The van der Waals surface area contributed by atoms with Gasteiger partial charge in [-0.2, -0.15) is 4.37 Å². The van der Waals surface area contributed by atoms with Crippen molar-refractivity contribution >= 4 is 28.5 Å². The topological polar surface area (TPSA) is 110 Å². The SMILES string of the molecule is Cc1cc(F)c(COc2nsc(NC(=O)NCC34CCN(CC3)CC4)c2C(N)=O)cc1F. The molecule has 4 heterocycles. The smallest absolute Gasteiger partial charge is 0.319 e. The van der Waals surface area contributed by atoms with Gasteiger partial charge >= 0.3 is 6.03 Å². The number of anilines is 1. The minimum Gasteiger partial charge on any atom is -0.471 e. The molecule has 3 fully saturated rings. The van der Waals surface area contributed by atoms with Gasteiger partial charge in [0.05, 0.1) is 0 Å². The van der Waals surface area contributed by atoms with Crippen molar-refractivity contribution in [3.63, 3.8) is 0 Å². The second-order valence-electron chi connectivity index (χ2n) is 8.44. The van der Waals surface area contributed by atoms with Crippen molar-refractivity contribution in [2.75, 3.05) is 31.5 Å². The molecule has 0 atom stereocenters. The van der Waals surface area contributed by atoms with Crippen LogP contribution in [-0.2, 0) is 6.61 Å². The van der Waals surface area contributed by atoms with Gasteiger partial charge in [0.25, 0.3) is 5.91 Å². The Morgan fingerprint density at radius 1 is 1.22 bits per heavy atom. The molecule has 0 unspecified atom stereocenters. The molecule has 3 aliphatic heterocycles. The van der Waals surface area contributed by atoms with Crippen LogP contribution in [-0.4, -0.2) is 47.4 Å². The Morgan fingerprint density at radius 2 is 1.91 bits per heavy atom. The number of primary amides is 1. The first-order chi connectivity index (χ1) is 15.3. The summed E-state index contributed by atoms with van der Waals surface area (Å²) < 4.78 is 37.2. The van der Waals surface area contributed by atoms with Gasteiger partial charge in [0.15, 0.2) is 0 Å². The molecule has 3 aliphatic rings. The molecule has 1 aromatic carbocycles. The van der Waals surface area contributed by atoms with E-state index in [1.807, 2.05) is 0 Å². The third kappa shape index (κ3) is 4.68. The molecule has 5 rings (SSSR count). The van der Waals surface area contributed by atoms with Gasteiger partial charge in [0.2, 0.25) is 5.88 Å². The Hall–Kier alpha value is -2.79. The van der Waals surface area contributed by atoms with Gasteiger partial charge in [-0.3, -0.25) is 10.1 Å². The van der Waals surface area contributed by atoms with E-state index >= 15 is 0 Å². The monoisotopic (exact) mass is 465 g/mol. The number of fused-ring (bicyclic) bond motifs is 3. The van der Waals surface area contributed by atoms with Crippen molar-refractivity contribution in [2.45, 2.75) is 32.8 Å². The van der Waals surface area contributed by atoms with Crippen LogP contribution in [0.1, 0.15) is 40.7 Å². The second-order valence-corrected chi connectivity index (χ2v) is 9.21. The quantitative estimate of drug-likeness (QED) is 0.582. The van der Waals surface area contributed by atoms with Crippen LogP contribution in [0.3, 0.4) is 0 Å². The molecule has 0 saturated carbocycles. The summed E-state index contributed by atoms with van der Waals surface area (Å²) in [5.41, 5.74) is 5.61. The highest BCUT2D eigenvalue weighted by molar-refractivity contribution is 7.11. The average Bonchev–Trinajstić information content (AvgIpc) is 3.18. The van der Waals surface area contributed by atoms with Crippen molar-refractivity contribution in [1.29, 1.82) is 0 Å². The number of nitrogens with one attached hydrogen (secondary N) is 2. The van der Waals surface area contributed by atoms with Crippen LogP contribution >= 0.6 is 11.5 Å². The van der Waals surface area contributed by atoms with E-state index < -0.39 is 23.6 Å². The van der Waals surface area contributed by atoms with Crippen molar-refractivity contribution in [2.24, 2.45) is 11.1 Å². The number of carbonyl (C=O) groups excluding carboxylic acids is 2. The Kier molecular flexibility index (Phi) is 6.29. The first kappa shape index (κ1) is 22.4. The van der Waals surface area contributed by atoms with E-state index in [-0.39, 0.29) is 39.6 Å². The predicted molar refractivity (Wildman–Crippen MR) is 116 cm³/mol. The lowest BCUT2D eigenvalue weighted by Crippen LogP contribution is -2.53. The van der Waals surface area contributed by atoms with Gasteiger partial charge in [-0.1, -0.05) is 0 Å². The lowest BCUT2D eigenvalue weighted by atomic mass is 9.72. The lowest BCUT2D eigenvalue weighted by molar-refractivity contribution is 0.0288. The third-order valence-corrected chi connectivity index (χ3v) is 7.07. The summed E-state index contributed by atoms with van der Waals surface area (Å²) in [5, 5.41) is 5.64. The second kappa shape index (κ2) is 8.99. The van der Waals surface area contributed by atoms with Gasteiger partial charge in [-0.15, -0.1) is 0 Å². The van der Waals surface area contributed by atoms with Gasteiger partial charge < -0.3 is 20.7 Å². The summed E-state index contributed by atoms with van der Waals surface area (Å²) >= 11 is 0.830. The first-order valence-electron chi connectivity index (χ1n) is 10.4. The molecule has 8 nitrogen and oxygen atoms in total. The van der Waals surface area contributed by atoms with Gasteiger partial charge in [-0.05, 0) is 80.5 Å². The van der Waals surface area contributed by atoms with E-state index in [9.17, 15) is 18.4 Å². The minimum absolute atomic E-state index is 0.0263. The van der Waals surface area contributed by atoms with Crippen molar-refractivity contribution in [1.82, 2.24) is 14.6 Å². The fraction of sp³-hybridized carbons (Fsp3) is 0.476. The maximum Gasteiger partial charge on any atom is 0.319 e. The lowest BCUT2D eigenvalue weighted by Gasteiger charge is -2.48. The standard InChI is InChI=1S/C21H25F2N5O3S/c1-12-8-15(23)13(9-14(12)22)10-31-18-16(17(24)29)19(32-27-18)26-20(30)25-11-21-2-5-28(6-3-21)7-4-21/h8-9H,2-7,10-11H2,1H3,(H2,24,29)(H2,25,26,30). The van der Waals surface area contributed by atoms with E-state index in [1.165, 1.54) is 6.92 Å². The fourth-order valence-corrected chi connectivity index (χ4v) is 4.93. The maximum atomic E-state index is 14.0. The van der Waals surface area contributed by atoms with Crippen LogP contribution in [0.4, 0.5) is 18.6 Å². The van der Waals surface area contributed by atoms with E-state index in [1.54, 1.807) is 0 Å². The average molecular weight is 466 g/mol. The highest BCUT2D eigenvalue weighted by Crippen LogP contribution is 2.39. The number of amides is 3. The van der Waals surface area contributed by atoms with Crippen LogP contribution in [0, 0.1) is 24.0 Å². The zero-order valence-electron chi connectivity index (χ0n) is 17.7. The highest BCUT2D eigenvalue weighted by atomic mass is 32.1. The molecule has 4 N–H and O–H groups in total. The number of ether oxygens (including phenoxy) is 1. The van der Waals surface area contributed by atoms with Crippen molar-refractivity contribution in [3.8, 4) is 5.88 Å². The summed E-state index contributed by atoms with van der Waals surface area (Å²) in [6, 6.07) is 1.64. The molecule has 2 bridgehead atoms. The van der Waals surface area contributed by atoms with E-state index in [0.717, 1.165) is 62.6 Å². The van der Waals surface area contributed by atoms with E-state index in [2.05, 4.69) is 19.9 Å². The highest BCUT2D eigenvalue weighted by Gasteiger charge is 2.39. The van der Waals surface area contributed by atoms with Gasteiger partial charge in [0.1, 0.15) is 28.8 Å². The molecule has 172 valence electrons. The number of carbonyl (C=O) groups is 2. The zero-order chi connectivity index (χ0) is 22.9. The molecule has 3 amide bonds. The molecule has 3 saturated heterocycles. The molecule has 0 spiro atoms. The molecule has 0 aliphatic carbocycles. The number of aryl methyl sites for hydroxylation is 1. The largest absolute Gasteiger partial charge is 0.471 e. The minimum atomic E-state index is -0.849. The molecule has 0 radical (unpaired) electrons. The number of halogens is 2. The number of nitrogens with two attached hydrogens (primary N) is 1. The Bertz CT molecular complexity index is 1020. The van der Waals surface area contributed by atoms with Gasteiger partial charge in [0, 0.05) is 12.1 Å². The van der Waals surface area contributed by atoms with Crippen LogP contribution < -0.4 is 21.1 Å². The number of nitrogens with zero attached hydrogens (tertiary/aromatic N) is 2. The number of aromatic nitrogens is 1. The molecule has 11 heteroatoms. The summed E-state index contributed by atoms with van der Waals surface area (Å²) in [7, 11) is 0. The van der Waals surface area contributed by atoms with Crippen molar-refractivity contribution < 1.29 is 23.1 Å². The Balaban J connectivity index is 1.40. The number of benzene rings is 1. The first-order valence-corrected chi connectivity index (χ1v) is 11.2. The zero-order valence-corrected chi connectivity index (χ0v) is 18.5.